The molecule has 1 atom stereocenters. The Hall–Kier alpha value is -1.94. The minimum atomic E-state index is -0.303. The summed E-state index contributed by atoms with van der Waals surface area (Å²) in [7, 11) is 0. The molecule has 2 rings (SSSR count). The highest BCUT2D eigenvalue weighted by Crippen LogP contribution is 2.13. The molecule has 0 spiro atoms. The van der Waals surface area contributed by atoms with Crippen LogP contribution < -0.4 is 10.6 Å². The largest absolute Gasteiger partial charge is 0.362 e. The van der Waals surface area contributed by atoms with Crippen LogP contribution in [0.1, 0.15) is 18.9 Å². The Morgan fingerprint density at radius 2 is 1.77 bits per heavy atom. The van der Waals surface area contributed by atoms with Gasteiger partial charge in [0.15, 0.2) is 5.11 Å². The summed E-state index contributed by atoms with van der Waals surface area (Å²) in [6.07, 6.45) is 2.07. The first-order chi connectivity index (χ1) is 10.7. The fourth-order valence-corrected chi connectivity index (χ4v) is 2.47. The Kier molecular flexibility index (Phi) is 6.34. The van der Waals surface area contributed by atoms with Gasteiger partial charge in [-0.25, -0.2) is 4.39 Å². The van der Waals surface area contributed by atoms with Crippen molar-refractivity contribution in [2.75, 3.05) is 11.9 Å². The molecule has 0 aliphatic heterocycles. The summed E-state index contributed by atoms with van der Waals surface area (Å²) in [6, 6.07) is 16.9. The molecule has 0 aliphatic rings. The van der Waals surface area contributed by atoms with E-state index in [1.54, 1.807) is 18.2 Å². The topological polar surface area (TPSA) is 24.1 Å². The molecule has 0 bridgehead atoms. The maximum atomic E-state index is 13.6. The number of halogens is 1. The van der Waals surface area contributed by atoms with Gasteiger partial charge in [-0.15, -0.1) is 0 Å². The molecule has 0 aromatic heterocycles. The summed E-state index contributed by atoms with van der Waals surface area (Å²) >= 11 is 5.24. The van der Waals surface area contributed by atoms with E-state index in [9.17, 15) is 4.39 Å². The lowest BCUT2D eigenvalue weighted by atomic mass is 9.97. The third-order valence-corrected chi connectivity index (χ3v) is 3.86. The van der Waals surface area contributed by atoms with E-state index >= 15 is 0 Å². The molecule has 0 unspecified atom stereocenters. The Morgan fingerprint density at radius 3 is 2.45 bits per heavy atom. The molecule has 2 aromatic carbocycles. The van der Waals surface area contributed by atoms with Gasteiger partial charge in [0.05, 0.1) is 5.69 Å². The van der Waals surface area contributed by atoms with Crippen molar-refractivity contribution in [3.05, 3.63) is 66.0 Å². The molecule has 0 fully saturated rings. The van der Waals surface area contributed by atoms with Gasteiger partial charge in [-0.3, -0.25) is 0 Å². The first kappa shape index (κ1) is 16.4. The molecule has 0 aliphatic carbocycles. The summed E-state index contributed by atoms with van der Waals surface area (Å²) in [5.41, 5.74) is 1.72. The van der Waals surface area contributed by atoms with Gasteiger partial charge in [0.1, 0.15) is 5.82 Å². The molecular formula is C18H21FN2S. The fraction of sp³-hybridized carbons (Fsp3) is 0.278. The number of rotatable bonds is 6. The van der Waals surface area contributed by atoms with Crippen molar-refractivity contribution >= 4 is 23.0 Å². The lowest BCUT2D eigenvalue weighted by Gasteiger charge is -2.18. The average Bonchev–Trinajstić information content (AvgIpc) is 2.54. The second-order valence-corrected chi connectivity index (χ2v) is 5.69. The predicted molar refractivity (Wildman–Crippen MR) is 94.6 cm³/mol. The smallest absolute Gasteiger partial charge is 0.170 e. The van der Waals surface area contributed by atoms with Gasteiger partial charge >= 0.3 is 0 Å². The number of hydrogen-bond acceptors (Lipinski definition) is 1. The Labute approximate surface area is 136 Å². The normalized spacial score (nSPS) is 11.7. The molecule has 22 heavy (non-hydrogen) atoms. The van der Waals surface area contributed by atoms with Crippen LogP contribution >= 0.6 is 12.2 Å². The van der Waals surface area contributed by atoms with Crippen LogP contribution in [0.25, 0.3) is 0 Å². The SMILES string of the molecule is CC[C@@H](CNC(=S)Nc1ccccc1F)Cc1ccccc1. The summed E-state index contributed by atoms with van der Waals surface area (Å²) in [6.45, 7) is 2.94. The first-order valence-corrected chi connectivity index (χ1v) is 7.93. The Balaban J connectivity index is 1.83. The van der Waals surface area contributed by atoms with Gasteiger partial charge in [0.2, 0.25) is 0 Å². The molecular weight excluding hydrogens is 295 g/mol. The fourth-order valence-electron chi connectivity index (χ4n) is 2.27. The minimum Gasteiger partial charge on any atom is -0.362 e. The Bertz CT molecular complexity index is 601. The van der Waals surface area contributed by atoms with Crippen LogP contribution in [-0.4, -0.2) is 11.7 Å². The molecule has 0 radical (unpaired) electrons. The number of para-hydroxylation sites is 1. The highest BCUT2D eigenvalue weighted by Gasteiger charge is 2.09. The lowest BCUT2D eigenvalue weighted by Crippen LogP contribution is -2.33. The van der Waals surface area contributed by atoms with E-state index in [4.69, 9.17) is 12.2 Å². The minimum absolute atomic E-state index is 0.303. The molecule has 0 saturated carbocycles. The van der Waals surface area contributed by atoms with Crippen LogP contribution in [0.15, 0.2) is 54.6 Å². The van der Waals surface area contributed by atoms with E-state index in [1.807, 2.05) is 6.07 Å². The second kappa shape index (κ2) is 8.49. The molecule has 0 saturated heterocycles. The first-order valence-electron chi connectivity index (χ1n) is 7.52. The number of anilines is 1. The van der Waals surface area contributed by atoms with E-state index in [2.05, 4.69) is 41.8 Å². The van der Waals surface area contributed by atoms with Gasteiger partial charge < -0.3 is 10.6 Å². The van der Waals surface area contributed by atoms with Crippen molar-refractivity contribution in [1.82, 2.24) is 5.32 Å². The van der Waals surface area contributed by atoms with Gasteiger partial charge in [0, 0.05) is 6.54 Å². The summed E-state index contributed by atoms with van der Waals surface area (Å²) in [4.78, 5) is 0. The lowest BCUT2D eigenvalue weighted by molar-refractivity contribution is 0.498. The number of nitrogens with one attached hydrogen (secondary N) is 2. The average molecular weight is 316 g/mol. The van der Waals surface area contributed by atoms with E-state index in [-0.39, 0.29) is 5.82 Å². The van der Waals surface area contributed by atoms with Crippen molar-refractivity contribution in [3.63, 3.8) is 0 Å². The van der Waals surface area contributed by atoms with Crippen molar-refractivity contribution in [3.8, 4) is 0 Å². The highest BCUT2D eigenvalue weighted by atomic mass is 32.1. The predicted octanol–water partition coefficient (Wildman–Crippen LogP) is 4.38. The zero-order valence-electron chi connectivity index (χ0n) is 12.7. The monoisotopic (exact) mass is 316 g/mol. The maximum absolute atomic E-state index is 13.6. The maximum Gasteiger partial charge on any atom is 0.170 e. The van der Waals surface area contributed by atoms with Crippen LogP contribution in [0.3, 0.4) is 0 Å². The van der Waals surface area contributed by atoms with E-state index in [1.165, 1.54) is 11.6 Å². The second-order valence-electron chi connectivity index (χ2n) is 5.28. The zero-order chi connectivity index (χ0) is 15.8. The van der Waals surface area contributed by atoms with Gasteiger partial charge in [0.25, 0.3) is 0 Å². The third-order valence-electron chi connectivity index (χ3n) is 3.62. The number of benzene rings is 2. The van der Waals surface area contributed by atoms with Crippen LogP contribution in [0.2, 0.25) is 0 Å². The van der Waals surface area contributed by atoms with Gasteiger partial charge in [-0.1, -0.05) is 55.8 Å². The van der Waals surface area contributed by atoms with Crippen molar-refractivity contribution < 1.29 is 4.39 Å². The zero-order valence-corrected chi connectivity index (χ0v) is 13.5. The van der Waals surface area contributed by atoms with E-state index < -0.39 is 0 Å². The van der Waals surface area contributed by atoms with Crippen LogP contribution in [0.4, 0.5) is 10.1 Å². The molecule has 2 nitrogen and oxygen atoms in total. The molecule has 4 heteroatoms. The van der Waals surface area contributed by atoms with Crippen LogP contribution in [0, 0.1) is 11.7 Å². The van der Waals surface area contributed by atoms with Crippen LogP contribution in [0.5, 0.6) is 0 Å². The van der Waals surface area contributed by atoms with Crippen molar-refractivity contribution in [1.29, 1.82) is 0 Å². The van der Waals surface area contributed by atoms with E-state index in [0.29, 0.717) is 16.7 Å². The standard InChI is InChI=1S/C18H21FN2S/c1-2-14(12-15-8-4-3-5-9-15)13-20-18(22)21-17-11-7-6-10-16(17)19/h3-11,14H,2,12-13H2,1H3,(H2,20,21,22)/t14-/m1/s1. The summed E-state index contributed by atoms with van der Waals surface area (Å²) in [5.74, 6) is 0.186. The van der Waals surface area contributed by atoms with Crippen molar-refractivity contribution in [2.24, 2.45) is 5.92 Å². The Morgan fingerprint density at radius 1 is 1.09 bits per heavy atom. The molecule has 116 valence electrons. The molecule has 2 aromatic rings. The molecule has 0 amide bonds. The number of thiocarbonyl (C=S) groups is 1. The van der Waals surface area contributed by atoms with Crippen LogP contribution in [-0.2, 0) is 6.42 Å². The van der Waals surface area contributed by atoms with Gasteiger partial charge in [-0.05, 0) is 42.3 Å². The summed E-state index contributed by atoms with van der Waals surface area (Å²) in [5, 5.41) is 6.54. The summed E-state index contributed by atoms with van der Waals surface area (Å²) < 4.78 is 13.6. The highest BCUT2D eigenvalue weighted by molar-refractivity contribution is 7.80. The quantitative estimate of drug-likeness (QED) is 0.773. The molecule has 2 N–H and O–H groups in total. The third kappa shape index (κ3) is 5.11. The van der Waals surface area contributed by atoms with Gasteiger partial charge in [-0.2, -0.15) is 0 Å². The van der Waals surface area contributed by atoms with Crippen molar-refractivity contribution in [2.45, 2.75) is 19.8 Å². The number of hydrogen-bond donors (Lipinski definition) is 2. The molecule has 0 heterocycles. The van der Waals surface area contributed by atoms with E-state index in [0.717, 1.165) is 19.4 Å².